The van der Waals surface area contributed by atoms with Gasteiger partial charge in [-0.05, 0) is 35.6 Å². The first kappa shape index (κ1) is 12.2. The molecule has 0 saturated heterocycles. The van der Waals surface area contributed by atoms with E-state index in [1.807, 2.05) is 6.07 Å². The van der Waals surface area contributed by atoms with Crippen LogP contribution in [0, 0.1) is 3.57 Å². The molecule has 90 valence electrons. The van der Waals surface area contributed by atoms with Crippen molar-refractivity contribution in [2.75, 3.05) is 13.7 Å². The van der Waals surface area contributed by atoms with Crippen LogP contribution < -0.4 is 4.74 Å². The van der Waals surface area contributed by atoms with Crippen LogP contribution in [0.25, 0.3) is 5.65 Å². The Morgan fingerprint density at radius 1 is 1.59 bits per heavy atom. The summed E-state index contributed by atoms with van der Waals surface area (Å²) < 4.78 is 12.7. The van der Waals surface area contributed by atoms with Crippen molar-refractivity contribution in [2.24, 2.45) is 0 Å². The number of hydrogen-bond acceptors (Lipinski definition) is 4. The molecule has 0 aromatic carbocycles. The quantitative estimate of drug-likeness (QED) is 0.631. The van der Waals surface area contributed by atoms with Crippen LogP contribution in [-0.2, 0) is 4.74 Å². The molecule has 0 aliphatic carbocycles. The van der Waals surface area contributed by atoms with E-state index in [4.69, 9.17) is 9.47 Å². The first-order valence-corrected chi connectivity index (χ1v) is 6.13. The fourth-order valence-corrected chi connectivity index (χ4v) is 2.26. The zero-order valence-electron chi connectivity index (χ0n) is 9.44. The summed E-state index contributed by atoms with van der Waals surface area (Å²) in [5.74, 6) is 0.324. The number of carbonyl (C=O) groups excluding carboxylic acids is 1. The summed E-state index contributed by atoms with van der Waals surface area (Å²) in [4.78, 5) is 15.8. The van der Waals surface area contributed by atoms with Gasteiger partial charge in [-0.25, -0.2) is 9.78 Å². The predicted octanol–water partition coefficient (Wildman–Crippen LogP) is 2.12. The van der Waals surface area contributed by atoms with E-state index in [1.165, 1.54) is 0 Å². The van der Waals surface area contributed by atoms with Crippen molar-refractivity contribution in [3.05, 3.63) is 27.7 Å². The van der Waals surface area contributed by atoms with Gasteiger partial charge in [0.2, 0.25) is 0 Å². The molecule has 5 nitrogen and oxygen atoms in total. The molecular formula is C11H11IN2O3. The van der Waals surface area contributed by atoms with Crippen LogP contribution in [0.1, 0.15) is 17.4 Å². The number of nitrogens with zero attached hydrogens (tertiary/aromatic N) is 2. The maximum atomic E-state index is 11.5. The number of hydrogen-bond donors (Lipinski definition) is 0. The highest BCUT2D eigenvalue weighted by molar-refractivity contribution is 14.1. The lowest BCUT2D eigenvalue weighted by Crippen LogP contribution is -2.04. The Morgan fingerprint density at radius 2 is 2.35 bits per heavy atom. The summed E-state index contributed by atoms with van der Waals surface area (Å²) in [6.07, 6.45) is 3.45. The molecular weight excluding hydrogens is 335 g/mol. The average molecular weight is 346 g/mol. The number of esters is 1. The van der Waals surface area contributed by atoms with Gasteiger partial charge < -0.3 is 13.9 Å². The summed E-state index contributed by atoms with van der Waals surface area (Å²) in [5, 5.41) is 0. The molecule has 0 atom stereocenters. The van der Waals surface area contributed by atoms with Gasteiger partial charge in [-0.15, -0.1) is 0 Å². The zero-order chi connectivity index (χ0) is 12.4. The van der Waals surface area contributed by atoms with Gasteiger partial charge in [-0.2, -0.15) is 0 Å². The maximum absolute atomic E-state index is 11.5. The van der Waals surface area contributed by atoms with Crippen LogP contribution in [0.5, 0.6) is 5.75 Å². The molecule has 0 radical (unpaired) electrons. The number of ether oxygens (including phenoxy) is 2. The Labute approximate surface area is 112 Å². The molecule has 0 saturated carbocycles. The SMILES string of the molecule is CCOC(=O)c1cn2ccc(OC)c(I)c2n1. The number of methoxy groups -OCH3 is 1. The third-order valence-electron chi connectivity index (χ3n) is 2.24. The van der Waals surface area contributed by atoms with Crippen LogP contribution >= 0.6 is 22.6 Å². The van der Waals surface area contributed by atoms with Gasteiger partial charge >= 0.3 is 5.97 Å². The van der Waals surface area contributed by atoms with Gasteiger partial charge in [0.15, 0.2) is 11.3 Å². The molecule has 0 aliphatic heterocycles. The first-order chi connectivity index (χ1) is 8.17. The van der Waals surface area contributed by atoms with Crippen molar-refractivity contribution >= 4 is 34.2 Å². The number of pyridine rings is 1. The Bertz CT molecular complexity index is 565. The van der Waals surface area contributed by atoms with Gasteiger partial charge in [-0.3, -0.25) is 0 Å². The van der Waals surface area contributed by atoms with Crippen molar-refractivity contribution in [3.8, 4) is 5.75 Å². The summed E-state index contributed by atoms with van der Waals surface area (Å²) >= 11 is 2.14. The number of rotatable bonds is 3. The summed E-state index contributed by atoms with van der Waals surface area (Å²) in [6, 6.07) is 1.82. The molecule has 6 heteroatoms. The molecule has 2 aromatic heterocycles. The standard InChI is InChI=1S/C11H11IN2O3/c1-3-17-11(15)7-6-14-5-4-8(16-2)9(12)10(14)13-7/h4-6H,3H2,1-2H3. The number of fused-ring (bicyclic) bond motifs is 1. The van der Waals surface area contributed by atoms with E-state index in [0.717, 1.165) is 9.32 Å². The Kier molecular flexibility index (Phi) is 3.51. The van der Waals surface area contributed by atoms with Gasteiger partial charge in [0.1, 0.15) is 5.75 Å². The molecule has 2 heterocycles. The molecule has 0 amide bonds. The van der Waals surface area contributed by atoms with Gasteiger partial charge in [0, 0.05) is 12.4 Å². The Balaban J connectivity index is 2.50. The fourth-order valence-electron chi connectivity index (χ4n) is 1.46. The van der Waals surface area contributed by atoms with Crippen molar-refractivity contribution in [2.45, 2.75) is 6.92 Å². The smallest absolute Gasteiger partial charge is 0.358 e. The Hall–Kier alpha value is -1.31. The number of aromatic nitrogens is 2. The van der Waals surface area contributed by atoms with Crippen LogP contribution in [0.4, 0.5) is 0 Å². The molecule has 0 spiro atoms. The topological polar surface area (TPSA) is 52.8 Å². The van der Waals surface area contributed by atoms with Crippen molar-refractivity contribution < 1.29 is 14.3 Å². The molecule has 0 fully saturated rings. The second-order valence-electron chi connectivity index (χ2n) is 3.28. The second-order valence-corrected chi connectivity index (χ2v) is 4.35. The molecule has 0 N–H and O–H groups in total. The number of carbonyl (C=O) groups is 1. The fraction of sp³-hybridized carbons (Fsp3) is 0.273. The van der Waals surface area contributed by atoms with E-state index >= 15 is 0 Å². The van der Waals surface area contributed by atoms with Gasteiger partial charge in [-0.1, -0.05) is 0 Å². The second kappa shape index (κ2) is 4.91. The van der Waals surface area contributed by atoms with E-state index in [-0.39, 0.29) is 0 Å². The highest BCUT2D eigenvalue weighted by Crippen LogP contribution is 2.24. The van der Waals surface area contributed by atoms with E-state index in [1.54, 1.807) is 30.8 Å². The van der Waals surface area contributed by atoms with Crippen LogP contribution in [0.15, 0.2) is 18.5 Å². The van der Waals surface area contributed by atoms with Crippen molar-refractivity contribution in [3.63, 3.8) is 0 Å². The van der Waals surface area contributed by atoms with Crippen molar-refractivity contribution in [1.29, 1.82) is 0 Å². The summed E-state index contributed by atoms with van der Waals surface area (Å²) in [5.41, 5.74) is 0.992. The first-order valence-electron chi connectivity index (χ1n) is 5.05. The average Bonchev–Trinajstić information content (AvgIpc) is 2.75. The normalized spacial score (nSPS) is 10.5. The largest absolute Gasteiger partial charge is 0.495 e. The minimum absolute atomic E-state index is 0.304. The number of imidazole rings is 1. The van der Waals surface area contributed by atoms with E-state index in [9.17, 15) is 4.79 Å². The molecule has 0 unspecified atom stereocenters. The monoisotopic (exact) mass is 346 g/mol. The maximum Gasteiger partial charge on any atom is 0.358 e. The Morgan fingerprint density at radius 3 is 3.00 bits per heavy atom. The van der Waals surface area contributed by atoms with E-state index < -0.39 is 5.97 Å². The lowest BCUT2D eigenvalue weighted by molar-refractivity contribution is 0.0520. The number of halogens is 1. The summed E-state index contributed by atoms with van der Waals surface area (Å²) in [6.45, 7) is 2.10. The summed E-state index contributed by atoms with van der Waals surface area (Å²) in [7, 11) is 1.60. The third-order valence-corrected chi connectivity index (χ3v) is 3.25. The van der Waals surface area contributed by atoms with Crippen molar-refractivity contribution in [1.82, 2.24) is 9.38 Å². The molecule has 2 rings (SSSR count). The van der Waals surface area contributed by atoms with Crippen LogP contribution in [0.3, 0.4) is 0 Å². The molecule has 17 heavy (non-hydrogen) atoms. The van der Waals surface area contributed by atoms with E-state index in [2.05, 4.69) is 27.6 Å². The lowest BCUT2D eigenvalue weighted by atomic mass is 10.4. The van der Waals surface area contributed by atoms with Gasteiger partial charge in [0.05, 0.1) is 17.3 Å². The van der Waals surface area contributed by atoms with Gasteiger partial charge in [0.25, 0.3) is 0 Å². The predicted molar refractivity (Wildman–Crippen MR) is 70.4 cm³/mol. The zero-order valence-corrected chi connectivity index (χ0v) is 11.6. The third kappa shape index (κ3) is 2.21. The highest BCUT2D eigenvalue weighted by Gasteiger charge is 2.14. The molecule has 2 aromatic rings. The molecule has 0 aliphatic rings. The van der Waals surface area contributed by atoms with E-state index in [0.29, 0.717) is 17.9 Å². The minimum Gasteiger partial charge on any atom is -0.495 e. The minimum atomic E-state index is -0.411. The highest BCUT2D eigenvalue weighted by atomic mass is 127. The van der Waals surface area contributed by atoms with Crippen LogP contribution in [-0.4, -0.2) is 29.1 Å². The van der Waals surface area contributed by atoms with Crippen LogP contribution in [0.2, 0.25) is 0 Å². The lowest BCUT2D eigenvalue weighted by Gasteiger charge is -2.03. The molecule has 0 bridgehead atoms.